The van der Waals surface area contributed by atoms with Crippen LogP contribution in [-0.4, -0.2) is 85.1 Å². The third kappa shape index (κ3) is 8.21. The monoisotopic (exact) mass is 821 g/mol. The number of phenolic OH excluding ortho intramolecular Hbond substituents is 1. The van der Waals surface area contributed by atoms with E-state index in [2.05, 4.69) is 31.0 Å². The molecule has 2 unspecified atom stereocenters. The van der Waals surface area contributed by atoms with E-state index in [1.807, 2.05) is 75.7 Å². The van der Waals surface area contributed by atoms with Crippen molar-refractivity contribution in [3.05, 3.63) is 93.6 Å². The number of β-amino-alcohol motifs (C(OH)–C–C–N with tert-alkyl or cyclic N) is 1. The maximum Gasteiger partial charge on any atom is 0.254 e. The first-order valence-corrected chi connectivity index (χ1v) is 21.4. The van der Waals surface area contributed by atoms with Gasteiger partial charge in [-0.1, -0.05) is 50.2 Å². The number of hydrogen-bond donors (Lipinski definition) is 4. The predicted octanol–water partition coefficient (Wildman–Crippen LogP) is 6.59. The van der Waals surface area contributed by atoms with E-state index in [1.54, 1.807) is 40.9 Å². The minimum atomic E-state index is -0.829. The van der Waals surface area contributed by atoms with E-state index >= 15 is 0 Å². The number of aryl methyl sites for hydroxylation is 2. The van der Waals surface area contributed by atoms with E-state index < -0.39 is 18.1 Å². The zero-order valence-corrected chi connectivity index (χ0v) is 34.5. The number of likely N-dealkylation sites (tertiary alicyclic amines) is 1. The first-order valence-electron chi connectivity index (χ1n) is 19.7. The normalized spacial score (nSPS) is 19.0. The molecule has 1 saturated heterocycles. The molecule has 0 spiro atoms. The average molecular weight is 822 g/mol. The van der Waals surface area contributed by atoms with Crippen molar-refractivity contribution in [3.63, 3.8) is 0 Å². The highest BCUT2D eigenvalue weighted by Crippen LogP contribution is 2.38. The van der Waals surface area contributed by atoms with Crippen LogP contribution >= 0.6 is 22.7 Å². The summed E-state index contributed by atoms with van der Waals surface area (Å²) in [4.78, 5) is 37.0. The van der Waals surface area contributed by atoms with Crippen molar-refractivity contribution < 1.29 is 29.1 Å². The van der Waals surface area contributed by atoms with Gasteiger partial charge >= 0.3 is 0 Å². The van der Waals surface area contributed by atoms with Crippen LogP contribution in [0.25, 0.3) is 31.9 Å². The third-order valence-corrected chi connectivity index (χ3v) is 13.3. The Morgan fingerprint density at radius 1 is 1.09 bits per heavy atom. The van der Waals surface area contributed by atoms with Gasteiger partial charge in [0, 0.05) is 47.4 Å². The van der Waals surface area contributed by atoms with Crippen LogP contribution in [0.5, 0.6) is 11.6 Å². The summed E-state index contributed by atoms with van der Waals surface area (Å²) in [6.07, 6.45) is 2.09. The molecule has 5 atom stereocenters. The second-order valence-corrected chi connectivity index (χ2v) is 17.5. The molecule has 8 rings (SSSR count). The van der Waals surface area contributed by atoms with Gasteiger partial charge in [0.2, 0.25) is 11.8 Å². The van der Waals surface area contributed by atoms with Crippen molar-refractivity contribution >= 4 is 44.7 Å². The predicted molar refractivity (Wildman–Crippen MR) is 223 cm³/mol. The second-order valence-electron chi connectivity index (χ2n) is 15.5. The van der Waals surface area contributed by atoms with Gasteiger partial charge in [-0.2, -0.15) is 0 Å². The minimum Gasteiger partial charge on any atom is -0.507 e. The number of aliphatic hydroxyl groups is 1. The molecular formula is C43H47N7O6S2. The van der Waals surface area contributed by atoms with Crippen LogP contribution in [0.1, 0.15) is 73.0 Å². The van der Waals surface area contributed by atoms with E-state index in [-0.39, 0.29) is 54.4 Å². The van der Waals surface area contributed by atoms with Gasteiger partial charge < -0.3 is 35.0 Å². The van der Waals surface area contributed by atoms with Gasteiger partial charge in [0.1, 0.15) is 29.1 Å². The number of carbonyl (C=O) groups excluding carboxylic acids is 2. The fraction of sp³-hybridized carbons (Fsp3) is 0.395. The molecule has 1 fully saturated rings. The maximum absolute atomic E-state index is 14.2. The molecule has 5 heterocycles. The summed E-state index contributed by atoms with van der Waals surface area (Å²) in [6.45, 7) is 8.70. The number of ether oxygens (including phenoxy) is 1. The van der Waals surface area contributed by atoms with Crippen LogP contribution < -0.4 is 15.4 Å². The summed E-state index contributed by atoms with van der Waals surface area (Å²) in [6, 6.07) is 18.0. The van der Waals surface area contributed by atoms with Gasteiger partial charge in [0.15, 0.2) is 5.76 Å². The van der Waals surface area contributed by atoms with Gasteiger partial charge in [-0.25, -0.2) is 4.98 Å². The number of aliphatic hydroxyl groups excluding tert-OH is 1. The molecule has 0 radical (unpaired) electrons. The maximum atomic E-state index is 14.2. The van der Waals surface area contributed by atoms with Crippen LogP contribution in [0.2, 0.25) is 0 Å². The Morgan fingerprint density at radius 2 is 1.90 bits per heavy atom. The van der Waals surface area contributed by atoms with Gasteiger partial charge in [0.25, 0.3) is 5.88 Å². The molecule has 2 aliphatic rings. The summed E-state index contributed by atoms with van der Waals surface area (Å²) < 4.78 is 11.7. The molecule has 1 aliphatic carbocycles. The van der Waals surface area contributed by atoms with E-state index in [0.29, 0.717) is 30.2 Å². The standard InChI is InChI=1S/C43H47N7O6S2/c1-23(2)39(43(54)50-21-29(51)18-34(50)41(53)46-24(3)26-9-11-27(12-10-26)40-25(4)45-22-57-40)36-20-38(49-56-36)55-16-15-44-28-13-14-37-31(17-28)32-19-33(47-48-42(32)58-37)30-7-5-6-8-35(30)52/h5-12,19-20,22-24,28-29,34,39,44,51-52H,13-18,21H2,1-4H3,(H,46,53)/t24?,28-,29+,34-,39?/m0/s1. The van der Waals surface area contributed by atoms with Crippen LogP contribution in [-0.2, 0) is 22.4 Å². The lowest BCUT2D eigenvalue weighted by atomic mass is 9.91. The number of aromatic nitrogens is 4. The molecule has 6 aromatic rings. The molecule has 2 amide bonds. The Morgan fingerprint density at radius 3 is 2.66 bits per heavy atom. The van der Waals surface area contributed by atoms with Gasteiger partial charge in [-0.3, -0.25) is 9.59 Å². The molecule has 4 N–H and O–H groups in total. The number of thiazole rings is 1. The van der Waals surface area contributed by atoms with Crippen molar-refractivity contribution in [1.82, 2.24) is 35.9 Å². The summed E-state index contributed by atoms with van der Waals surface area (Å²) in [7, 11) is 0. The Balaban J connectivity index is 0.858. The number of phenols is 1. The number of rotatable bonds is 13. The molecule has 15 heteroatoms. The number of benzene rings is 2. The van der Waals surface area contributed by atoms with Crippen molar-refractivity contribution in [2.75, 3.05) is 19.7 Å². The van der Waals surface area contributed by atoms with E-state index in [1.165, 1.54) is 15.3 Å². The zero-order chi connectivity index (χ0) is 40.5. The number of nitrogens with zero attached hydrogens (tertiary/aromatic N) is 5. The summed E-state index contributed by atoms with van der Waals surface area (Å²) in [5.74, 6) is -0.715. The summed E-state index contributed by atoms with van der Waals surface area (Å²) >= 11 is 3.28. The number of nitrogens with one attached hydrogen (secondary N) is 2. The molecule has 0 bridgehead atoms. The lowest BCUT2D eigenvalue weighted by Gasteiger charge is -2.29. The largest absolute Gasteiger partial charge is 0.507 e. The number of aromatic hydroxyl groups is 1. The minimum absolute atomic E-state index is 0.0512. The van der Waals surface area contributed by atoms with Crippen LogP contribution in [0.3, 0.4) is 0 Å². The highest BCUT2D eigenvalue weighted by molar-refractivity contribution is 7.18. The lowest BCUT2D eigenvalue weighted by Crippen LogP contribution is -2.48. The van der Waals surface area contributed by atoms with Crippen molar-refractivity contribution in [3.8, 4) is 33.3 Å². The number of amides is 2. The van der Waals surface area contributed by atoms with Gasteiger partial charge in [-0.05, 0) is 79.1 Å². The van der Waals surface area contributed by atoms with Crippen LogP contribution in [0.15, 0.2) is 70.7 Å². The molecule has 13 nitrogen and oxygen atoms in total. The number of hydrogen-bond acceptors (Lipinski definition) is 13. The van der Waals surface area contributed by atoms with E-state index in [9.17, 15) is 19.8 Å². The van der Waals surface area contributed by atoms with Crippen LogP contribution in [0.4, 0.5) is 0 Å². The molecular weight excluding hydrogens is 775 g/mol. The van der Waals surface area contributed by atoms with E-state index in [0.717, 1.165) is 51.2 Å². The van der Waals surface area contributed by atoms with Gasteiger partial charge in [0.05, 0.1) is 33.9 Å². The number of fused-ring (bicyclic) bond motifs is 3. The lowest BCUT2D eigenvalue weighted by molar-refractivity contribution is -0.141. The fourth-order valence-corrected chi connectivity index (χ4v) is 10.1. The SMILES string of the molecule is Cc1ncsc1-c1ccc(C(C)NC(=O)[C@@H]2C[C@@H](O)CN2C(=O)C(c2cc(OCCN[C@H]3CCc4sc5nnc(-c6ccccc6O)cc5c4C3)no2)C(C)C)cc1. The van der Waals surface area contributed by atoms with Crippen molar-refractivity contribution in [2.45, 2.75) is 83.5 Å². The number of carbonyl (C=O) groups is 2. The average Bonchev–Trinajstić information content (AvgIpc) is 4.03. The highest BCUT2D eigenvalue weighted by atomic mass is 32.1. The molecule has 2 aromatic carbocycles. The Labute approximate surface area is 344 Å². The number of para-hydroxylation sites is 1. The third-order valence-electron chi connectivity index (χ3n) is 11.2. The molecule has 0 saturated carbocycles. The summed E-state index contributed by atoms with van der Waals surface area (Å²) in [5, 5.41) is 41.8. The molecule has 58 heavy (non-hydrogen) atoms. The fourth-order valence-electron chi connectivity index (χ4n) is 8.10. The highest BCUT2D eigenvalue weighted by Gasteiger charge is 2.43. The first-order chi connectivity index (χ1) is 28.0. The molecule has 1 aliphatic heterocycles. The summed E-state index contributed by atoms with van der Waals surface area (Å²) in [5.41, 5.74) is 7.39. The molecule has 4 aromatic heterocycles. The smallest absolute Gasteiger partial charge is 0.254 e. The van der Waals surface area contributed by atoms with E-state index in [4.69, 9.17) is 9.26 Å². The quantitative estimate of drug-likeness (QED) is 0.0926. The van der Waals surface area contributed by atoms with Gasteiger partial charge in [-0.15, -0.1) is 32.9 Å². The Hall–Kier alpha value is -5.22. The number of thiophene rings is 1. The van der Waals surface area contributed by atoms with Crippen molar-refractivity contribution in [2.24, 2.45) is 5.92 Å². The Bertz CT molecular complexity index is 2410. The van der Waals surface area contributed by atoms with Crippen LogP contribution in [0, 0.1) is 12.8 Å². The second kappa shape index (κ2) is 16.9. The zero-order valence-electron chi connectivity index (χ0n) is 32.8. The van der Waals surface area contributed by atoms with Crippen molar-refractivity contribution in [1.29, 1.82) is 0 Å². The first kappa shape index (κ1) is 39.6. The topological polar surface area (TPSA) is 176 Å². The molecule has 302 valence electrons. The Kier molecular flexibility index (Phi) is 11.6.